The van der Waals surface area contributed by atoms with E-state index >= 15 is 0 Å². The van der Waals surface area contributed by atoms with Crippen molar-refractivity contribution in [1.82, 2.24) is 9.80 Å². The molecular formula is C21H21Cl3N2O2S. The summed E-state index contributed by atoms with van der Waals surface area (Å²) in [5.74, 6) is -0.271. The highest BCUT2D eigenvalue weighted by Crippen LogP contribution is 2.41. The minimum absolute atomic E-state index is 0.0434. The minimum atomic E-state index is -0.644. The average molecular weight is 472 g/mol. The fraction of sp³-hybridized carbons (Fsp3) is 0.429. The van der Waals surface area contributed by atoms with E-state index in [9.17, 15) is 9.59 Å². The Kier molecular flexibility index (Phi) is 6.12. The number of fused-ring (bicyclic) bond motifs is 1. The van der Waals surface area contributed by atoms with Crippen molar-refractivity contribution >= 4 is 58.0 Å². The number of benzene rings is 1. The second-order valence-electron chi connectivity index (χ2n) is 7.52. The highest BCUT2D eigenvalue weighted by atomic mass is 35.5. The standard InChI is InChI=1S/C21H21Cl3N2O2S/c1-12(22)21(28)26(14-3-4-14)11-19(27)25-8-6-18-16(7-9-29-18)20(25)15-5-2-13(23)10-17(15)24/h2,5,7,9-10,12,14,20H,3-4,6,8,11H2,1H3. The van der Waals surface area contributed by atoms with Crippen molar-refractivity contribution in [3.63, 3.8) is 0 Å². The number of thiophene rings is 1. The van der Waals surface area contributed by atoms with Crippen molar-refractivity contribution in [3.05, 3.63) is 55.7 Å². The van der Waals surface area contributed by atoms with Gasteiger partial charge in [-0.2, -0.15) is 0 Å². The van der Waals surface area contributed by atoms with E-state index in [1.807, 2.05) is 16.3 Å². The first-order valence-corrected chi connectivity index (χ1v) is 11.7. The summed E-state index contributed by atoms with van der Waals surface area (Å²) in [5, 5.41) is 2.49. The molecule has 2 aromatic rings. The second-order valence-corrected chi connectivity index (χ2v) is 10.0. The van der Waals surface area contributed by atoms with Crippen molar-refractivity contribution < 1.29 is 9.59 Å². The van der Waals surface area contributed by atoms with E-state index in [1.165, 1.54) is 4.88 Å². The Bertz CT molecular complexity index is 942. The predicted octanol–water partition coefficient (Wildman–Crippen LogP) is 5.15. The quantitative estimate of drug-likeness (QED) is 0.566. The summed E-state index contributed by atoms with van der Waals surface area (Å²) in [6.45, 7) is 2.28. The average Bonchev–Trinajstić information content (AvgIpc) is 3.41. The van der Waals surface area contributed by atoms with Gasteiger partial charge >= 0.3 is 0 Å². The fourth-order valence-electron chi connectivity index (χ4n) is 3.88. The van der Waals surface area contributed by atoms with Crippen LogP contribution in [0.2, 0.25) is 10.0 Å². The summed E-state index contributed by atoms with van der Waals surface area (Å²) in [6.07, 6.45) is 2.64. The zero-order valence-electron chi connectivity index (χ0n) is 15.9. The molecule has 2 heterocycles. The Balaban J connectivity index is 1.66. The molecule has 0 radical (unpaired) electrons. The molecule has 2 atom stereocenters. The summed E-state index contributed by atoms with van der Waals surface area (Å²) in [6, 6.07) is 7.27. The smallest absolute Gasteiger partial charge is 0.243 e. The molecule has 1 aromatic carbocycles. The van der Waals surface area contributed by atoms with Crippen molar-refractivity contribution in [1.29, 1.82) is 0 Å². The minimum Gasteiger partial charge on any atom is -0.330 e. The van der Waals surface area contributed by atoms with Gasteiger partial charge in [0.15, 0.2) is 0 Å². The van der Waals surface area contributed by atoms with Crippen molar-refractivity contribution in [2.45, 2.75) is 43.6 Å². The molecule has 2 aliphatic rings. The van der Waals surface area contributed by atoms with Gasteiger partial charge in [0.2, 0.25) is 11.8 Å². The molecule has 4 nitrogen and oxygen atoms in total. The molecule has 154 valence electrons. The van der Waals surface area contributed by atoms with Crippen LogP contribution >= 0.6 is 46.1 Å². The lowest BCUT2D eigenvalue weighted by atomic mass is 9.93. The molecule has 0 saturated heterocycles. The van der Waals surface area contributed by atoms with E-state index in [0.717, 1.165) is 30.4 Å². The molecule has 1 saturated carbocycles. The number of halogens is 3. The maximum atomic E-state index is 13.4. The van der Waals surface area contributed by atoms with Gasteiger partial charge in [-0.05, 0) is 60.9 Å². The van der Waals surface area contributed by atoms with Gasteiger partial charge in [0, 0.05) is 27.5 Å². The van der Waals surface area contributed by atoms with Gasteiger partial charge in [0.25, 0.3) is 0 Å². The van der Waals surface area contributed by atoms with E-state index < -0.39 is 5.38 Å². The molecule has 2 amide bonds. The molecule has 0 bridgehead atoms. The molecule has 0 N–H and O–H groups in total. The van der Waals surface area contributed by atoms with E-state index in [2.05, 4.69) is 6.07 Å². The Morgan fingerprint density at radius 1 is 1.24 bits per heavy atom. The van der Waals surface area contributed by atoms with Crippen LogP contribution in [-0.4, -0.2) is 46.1 Å². The van der Waals surface area contributed by atoms with Crippen LogP contribution < -0.4 is 0 Å². The van der Waals surface area contributed by atoms with Crippen molar-refractivity contribution in [2.24, 2.45) is 0 Å². The number of alkyl halides is 1. The molecular weight excluding hydrogens is 451 g/mol. The highest BCUT2D eigenvalue weighted by molar-refractivity contribution is 7.10. The number of nitrogens with zero attached hydrogens (tertiary/aromatic N) is 2. The van der Waals surface area contributed by atoms with E-state index in [1.54, 1.807) is 35.3 Å². The van der Waals surface area contributed by atoms with Crippen LogP contribution in [0.25, 0.3) is 0 Å². The molecule has 1 aliphatic heterocycles. The normalized spacial score (nSPS) is 19.6. The highest BCUT2D eigenvalue weighted by Gasteiger charge is 2.39. The van der Waals surface area contributed by atoms with Crippen LogP contribution in [0.4, 0.5) is 0 Å². The first kappa shape index (κ1) is 21.0. The third kappa shape index (κ3) is 4.29. The molecule has 29 heavy (non-hydrogen) atoms. The van der Waals surface area contributed by atoms with Gasteiger partial charge in [-0.3, -0.25) is 9.59 Å². The lowest BCUT2D eigenvalue weighted by molar-refractivity contribution is -0.141. The summed E-state index contributed by atoms with van der Waals surface area (Å²) < 4.78 is 0. The fourth-order valence-corrected chi connectivity index (χ4v) is 5.42. The third-order valence-corrected chi connectivity index (χ3v) is 7.21. The maximum absolute atomic E-state index is 13.4. The van der Waals surface area contributed by atoms with Gasteiger partial charge < -0.3 is 9.80 Å². The van der Waals surface area contributed by atoms with Crippen molar-refractivity contribution in [3.8, 4) is 0 Å². The first-order valence-electron chi connectivity index (χ1n) is 9.62. The molecule has 1 aliphatic carbocycles. The summed E-state index contributed by atoms with van der Waals surface area (Å²) in [5.41, 5.74) is 1.94. The second kappa shape index (κ2) is 8.46. The van der Waals surface area contributed by atoms with Gasteiger partial charge in [0.1, 0.15) is 11.9 Å². The van der Waals surface area contributed by atoms with Crippen LogP contribution in [0.3, 0.4) is 0 Å². The Morgan fingerprint density at radius 3 is 2.66 bits per heavy atom. The van der Waals surface area contributed by atoms with Gasteiger partial charge in [-0.15, -0.1) is 22.9 Å². The van der Waals surface area contributed by atoms with Crippen LogP contribution in [0.5, 0.6) is 0 Å². The molecule has 4 rings (SSSR count). The number of hydrogen-bond acceptors (Lipinski definition) is 3. The Hall–Kier alpha value is -1.27. The van der Waals surface area contributed by atoms with E-state index in [-0.39, 0.29) is 30.4 Å². The summed E-state index contributed by atoms with van der Waals surface area (Å²) in [7, 11) is 0. The summed E-state index contributed by atoms with van der Waals surface area (Å²) >= 11 is 20.3. The number of hydrogen-bond donors (Lipinski definition) is 0. The molecule has 8 heteroatoms. The SMILES string of the molecule is CC(Cl)C(=O)N(CC(=O)N1CCc2sccc2C1c1ccc(Cl)cc1Cl)C1CC1. The van der Waals surface area contributed by atoms with Crippen LogP contribution in [-0.2, 0) is 16.0 Å². The van der Waals surface area contributed by atoms with E-state index in [4.69, 9.17) is 34.8 Å². The van der Waals surface area contributed by atoms with Gasteiger partial charge in [-0.1, -0.05) is 29.3 Å². The molecule has 2 unspecified atom stereocenters. The zero-order valence-corrected chi connectivity index (χ0v) is 19.0. The van der Waals surface area contributed by atoms with E-state index in [0.29, 0.717) is 16.6 Å². The predicted molar refractivity (Wildman–Crippen MR) is 118 cm³/mol. The largest absolute Gasteiger partial charge is 0.330 e. The first-order chi connectivity index (χ1) is 13.9. The Labute approximate surface area is 189 Å². The van der Waals surface area contributed by atoms with Crippen LogP contribution in [0, 0.1) is 0 Å². The summed E-state index contributed by atoms with van der Waals surface area (Å²) in [4.78, 5) is 30.7. The van der Waals surface area contributed by atoms with Crippen LogP contribution in [0.1, 0.15) is 41.8 Å². The number of rotatable bonds is 5. The van der Waals surface area contributed by atoms with Gasteiger partial charge in [0.05, 0.1) is 6.04 Å². The Morgan fingerprint density at radius 2 is 2.00 bits per heavy atom. The van der Waals surface area contributed by atoms with Crippen molar-refractivity contribution in [2.75, 3.05) is 13.1 Å². The molecule has 1 aromatic heterocycles. The number of carbonyl (C=O) groups is 2. The third-order valence-electron chi connectivity index (χ3n) is 5.46. The monoisotopic (exact) mass is 470 g/mol. The molecule has 0 spiro atoms. The van der Waals surface area contributed by atoms with Crippen LogP contribution in [0.15, 0.2) is 29.6 Å². The van der Waals surface area contributed by atoms with Gasteiger partial charge in [-0.25, -0.2) is 0 Å². The molecule has 1 fully saturated rings. The maximum Gasteiger partial charge on any atom is 0.243 e. The lowest BCUT2D eigenvalue weighted by Gasteiger charge is -2.38. The number of carbonyl (C=O) groups excluding carboxylic acids is 2. The zero-order chi connectivity index (χ0) is 20.7. The topological polar surface area (TPSA) is 40.6 Å². The number of amides is 2. The lowest BCUT2D eigenvalue weighted by Crippen LogP contribution is -2.48.